The number of hydrogen-bond acceptors (Lipinski definition) is 16. The molecule has 0 saturated carbocycles. The van der Waals surface area contributed by atoms with Gasteiger partial charge in [-0.15, -0.1) is 0 Å². The zero-order valence-corrected chi connectivity index (χ0v) is 27.9. The summed E-state index contributed by atoms with van der Waals surface area (Å²) in [6.45, 7) is 12.2. The van der Waals surface area contributed by atoms with E-state index in [2.05, 4.69) is 26.3 Å². The molecular weight excluding hydrogens is 652 g/mol. The van der Waals surface area contributed by atoms with E-state index in [0.29, 0.717) is 0 Å². The molecule has 0 bridgehead atoms. The van der Waals surface area contributed by atoms with Gasteiger partial charge in [0.15, 0.2) is 0 Å². The second-order valence-corrected chi connectivity index (χ2v) is 10.8. The van der Waals surface area contributed by atoms with Gasteiger partial charge in [-0.1, -0.05) is 26.3 Å². The smallest absolute Gasteiger partial charge is 0.330 e. The van der Waals surface area contributed by atoms with Crippen LogP contribution in [0.4, 0.5) is 0 Å². The van der Waals surface area contributed by atoms with Gasteiger partial charge in [0.05, 0.1) is 56.3 Å². The highest BCUT2D eigenvalue weighted by molar-refractivity contribution is 5.82. The van der Waals surface area contributed by atoms with Crippen molar-refractivity contribution >= 4 is 23.9 Å². The van der Waals surface area contributed by atoms with Crippen molar-refractivity contribution < 1.29 is 77.5 Å². The summed E-state index contributed by atoms with van der Waals surface area (Å²) in [5.74, 6) is -2.71. The molecule has 280 valence electrons. The Hall–Kier alpha value is -3.48. The number of hydrogen-bond donors (Lipinski definition) is 4. The van der Waals surface area contributed by atoms with E-state index in [-0.39, 0.29) is 105 Å². The highest BCUT2D eigenvalue weighted by Crippen LogP contribution is 2.22. The maximum absolute atomic E-state index is 11.3. The Morgan fingerprint density at radius 1 is 0.449 bits per heavy atom. The second-order valence-electron chi connectivity index (χ2n) is 10.8. The van der Waals surface area contributed by atoms with Gasteiger partial charge in [0.25, 0.3) is 0 Å². The van der Waals surface area contributed by atoms with Gasteiger partial charge in [0.1, 0.15) is 26.4 Å². The summed E-state index contributed by atoms with van der Waals surface area (Å²) < 4.78 is 42.8. The lowest BCUT2D eigenvalue weighted by molar-refractivity contribution is -0.141. The number of ether oxygens (including phenoxy) is 8. The minimum Gasteiger partial charge on any atom is -0.460 e. The molecule has 0 radical (unpaired) electrons. The second kappa shape index (κ2) is 28.4. The first kappa shape index (κ1) is 45.5. The quantitative estimate of drug-likeness (QED) is 0.0312. The highest BCUT2D eigenvalue weighted by atomic mass is 16.6. The molecule has 0 aromatic heterocycles. The van der Waals surface area contributed by atoms with Crippen molar-refractivity contribution in [1.82, 2.24) is 0 Å². The Labute approximate surface area is 286 Å². The molecule has 4 unspecified atom stereocenters. The molecule has 4 atom stereocenters. The molecule has 0 aromatic carbocycles. The number of aliphatic hydroxyl groups is 4. The minimum absolute atomic E-state index is 0.0231. The zero-order chi connectivity index (χ0) is 36.9. The molecule has 16 heteroatoms. The molecule has 0 rings (SSSR count). The Bertz CT molecular complexity index is 842. The summed E-state index contributed by atoms with van der Waals surface area (Å²) in [4.78, 5) is 45.1. The summed E-state index contributed by atoms with van der Waals surface area (Å²) in [7, 11) is 0. The van der Waals surface area contributed by atoms with Crippen molar-refractivity contribution in [3.05, 3.63) is 50.6 Å². The molecule has 0 aliphatic rings. The number of aliphatic hydroxyl groups excluding tert-OH is 4. The van der Waals surface area contributed by atoms with Crippen LogP contribution >= 0.6 is 0 Å². The van der Waals surface area contributed by atoms with Gasteiger partial charge in [-0.3, -0.25) is 0 Å². The third kappa shape index (κ3) is 25.2. The van der Waals surface area contributed by atoms with Crippen molar-refractivity contribution in [1.29, 1.82) is 0 Å². The molecule has 0 spiro atoms. The fourth-order valence-corrected chi connectivity index (χ4v) is 3.56. The zero-order valence-electron chi connectivity index (χ0n) is 27.9. The third-order valence-corrected chi connectivity index (χ3v) is 6.35. The van der Waals surface area contributed by atoms with Gasteiger partial charge >= 0.3 is 23.9 Å². The van der Waals surface area contributed by atoms with Crippen LogP contribution in [-0.2, 0) is 57.1 Å². The summed E-state index contributed by atoms with van der Waals surface area (Å²) in [6, 6.07) is 0. The first-order valence-corrected chi connectivity index (χ1v) is 15.6. The monoisotopic (exact) mass is 704 g/mol. The van der Waals surface area contributed by atoms with E-state index in [1.165, 1.54) is 0 Å². The van der Waals surface area contributed by atoms with E-state index in [0.717, 1.165) is 24.3 Å². The Morgan fingerprint density at radius 2 is 0.653 bits per heavy atom. The summed E-state index contributed by atoms with van der Waals surface area (Å²) >= 11 is 0. The lowest BCUT2D eigenvalue weighted by Gasteiger charge is -2.33. The fraction of sp³-hybridized carbons (Fsp3) is 0.636. The van der Waals surface area contributed by atoms with Crippen molar-refractivity contribution in [2.45, 2.75) is 50.1 Å². The topological polar surface area (TPSA) is 223 Å². The van der Waals surface area contributed by atoms with Crippen molar-refractivity contribution in [2.75, 3.05) is 79.3 Å². The molecule has 0 amide bonds. The van der Waals surface area contributed by atoms with Crippen LogP contribution in [0.15, 0.2) is 50.6 Å². The van der Waals surface area contributed by atoms with E-state index in [4.69, 9.17) is 37.9 Å². The van der Waals surface area contributed by atoms with Crippen molar-refractivity contribution in [3.63, 3.8) is 0 Å². The fourth-order valence-electron chi connectivity index (χ4n) is 3.56. The van der Waals surface area contributed by atoms with Crippen molar-refractivity contribution in [2.24, 2.45) is 5.41 Å². The first-order chi connectivity index (χ1) is 23.4. The van der Waals surface area contributed by atoms with E-state index in [1.807, 2.05) is 0 Å². The first-order valence-electron chi connectivity index (χ1n) is 15.6. The molecule has 4 N–H and O–H groups in total. The van der Waals surface area contributed by atoms with Crippen LogP contribution in [0.1, 0.15) is 25.7 Å². The van der Waals surface area contributed by atoms with E-state index in [1.54, 1.807) is 0 Å². The molecule has 0 fully saturated rings. The van der Waals surface area contributed by atoms with Gasteiger partial charge in [-0.05, 0) is 25.7 Å². The molecule has 16 nitrogen and oxygen atoms in total. The van der Waals surface area contributed by atoms with E-state index < -0.39 is 53.7 Å². The van der Waals surface area contributed by atoms with Crippen LogP contribution in [0.25, 0.3) is 0 Å². The standard InChI is InChI=1S/C33H52O16/c1-5-29(38)46-17-25(34)9-13-42-21-33(22-43-14-10-26(35)18-47-30(39)6-2,23-44-15-11-27(36)19-48-31(40)7-3)24-45-16-12-28(37)20-49-32(41)8-4/h5-8,25-28,34-37H,1-4,9-24H2. The van der Waals surface area contributed by atoms with Crippen LogP contribution in [-0.4, -0.2) is 148 Å². The maximum atomic E-state index is 11.3. The Morgan fingerprint density at radius 3 is 0.837 bits per heavy atom. The average molecular weight is 705 g/mol. The highest BCUT2D eigenvalue weighted by Gasteiger charge is 2.33. The molecule has 0 saturated heterocycles. The third-order valence-electron chi connectivity index (χ3n) is 6.35. The van der Waals surface area contributed by atoms with E-state index in [9.17, 15) is 39.6 Å². The molecule has 0 aromatic rings. The molecule has 0 heterocycles. The predicted molar refractivity (Wildman–Crippen MR) is 173 cm³/mol. The SMILES string of the molecule is C=CC(=O)OCC(O)CCOCC(COCCC(O)COC(=O)C=C)(COCCC(O)COC(=O)C=C)COCCC(O)COC(=O)C=C. The van der Waals surface area contributed by atoms with Crippen LogP contribution in [0.3, 0.4) is 0 Å². The molecule has 0 aliphatic carbocycles. The minimum atomic E-state index is -1.01. The number of esters is 4. The van der Waals surface area contributed by atoms with Gasteiger partial charge in [0.2, 0.25) is 0 Å². The average Bonchev–Trinajstić information content (AvgIpc) is 3.10. The van der Waals surface area contributed by atoms with Gasteiger partial charge in [-0.25, -0.2) is 19.2 Å². The largest absolute Gasteiger partial charge is 0.460 e. The molecule has 49 heavy (non-hydrogen) atoms. The Balaban J connectivity index is 5.49. The van der Waals surface area contributed by atoms with Gasteiger partial charge in [0, 0.05) is 50.7 Å². The van der Waals surface area contributed by atoms with Crippen LogP contribution in [0, 0.1) is 5.41 Å². The lowest BCUT2D eigenvalue weighted by atomic mass is 9.92. The van der Waals surface area contributed by atoms with Gasteiger partial charge < -0.3 is 58.3 Å². The van der Waals surface area contributed by atoms with Gasteiger partial charge in [-0.2, -0.15) is 0 Å². The lowest BCUT2D eigenvalue weighted by Crippen LogP contribution is -2.42. The molecule has 0 aliphatic heterocycles. The van der Waals surface area contributed by atoms with E-state index >= 15 is 0 Å². The number of carbonyl (C=O) groups excluding carboxylic acids is 4. The summed E-state index contributed by atoms with van der Waals surface area (Å²) in [5.41, 5.74) is -0.999. The van der Waals surface area contributed by atoms with Crippen LogP contribution < -0.4 is 0 Å². The normalized spacial score (nSPS) is 14.6. The predicted octanol–water partition coefficient (Wildman–Crippen LogP) is -0.0400. The number of rotatable bonds is 32. The summed E-state index contributed by atoms with van der Waals surface area (Å²) in [6.07, 6.45) is 0.336. The van der Waals surface area contributed by atoms with Crippen LogP contribution in [0.5, 0.6) is 0 Å². The van der Waals surface area contributed by atoms with Crippen LogP contribution in [0.2, 0.25) is 0 Å². The van der Waals surface area contributed by atoms with Crippen molar-refractivity contribution in [3.8, 4) is 0 Å². The maximum Gasteiger partial charge on any atom is 0.330 e. The number of carbonyl (C=O) groups is 4. The molecular formula is C33H52O16. The summed E-state index contributed by atoms with van der Waals surface area (Å²) in [5, 5.41) is 40.5. The Kier molecular flexibility index (Phi) is 26.4.